The van der Waals surface area contributed by atoms with Gasteiger partial charge in [-0.15, -0.1) is 24.0 Å². The number of halogens is 1. The van der Waals surface area contributed by atoms with Crippen LogP contribution in [0.2, 0.25) is 0 Å². The van der Waals surface area contributed by atoms with Gasteiger partial charge in [-0.05, 0) is 26.2 Å². The van der Waals surface area contributed by atoms with Gasteiger partial charge in [0.05, 0.1) is 13.2 Å². The van der Waals surface area contributed by atoms with Gasteiger partial charge in [0.25, 0.3) is 0 Å². The molecule has 7 nitrogen and oxygen atoms in total. The minimum atomic E-state index is 0. The van der Waals surface area contributed by atoms with E-state index in [0.717, 1.165) is 71.2 Å². The quantitative estimate of drug-likeness (QED) is 0.197. The van der Waals surface area contributed by atoms with Crippen molar-refractivity contribution < 1.29 is 9.53 Å². The number of amides is 1. The number of carbonyl (C=O) groups is 1. The molecule has 1 aliphatic carbocycles. The zero-order chi connectivity index (χ0) is 18.5. The molecule has 1 saturated heterocycles. The first kappa shape index (κ1) is 24.4. The van der Waals surface area contributed by atoms with Gasteiger partial charge in [-0.2, -0.15) is 0 Å². The van der Waals surface area contributed by atoms with Crippen molar-refractivity contribution >= 4 is 35.8 Å². The molecule has 1 amide bonds. The first-order valence-corrected chi connectivity index (χ1v) is 10.4. The zero-order valence-electron chi connectivity index (χ0n) is 16.8. The van der Waals surface area contributed by atoms with Gasteiger partial charge in [0, 0.05) is 51.7 Å². The van der Waals surface area contributed by atoms with Crippen LogP contribution in [0, 0.1) is 0 Å². The van der Waals surface area contributed by atoms with E-state index in [1.807, 2.05) is 0 Å². The number of nitrogens with one attached hydrogen (secondary N) is 3. The smallest absolute Gasteiger partial charge is 0.221 e. The van der Waals surface area contributed by atoms with E-state index in [1.54, 1.807) is 0 Å². The highest BCUT2D eigenvalue weighted by molar-refractivity contribution is 14.0. The normalized spacial score (nSPS) is 19.2. The fourth-order valence-corrected chi connectivity index (χ4v) is 3.49. The van der Waals surface area contributed by atoms with Crippen LogP contribution in [0.15, 0.2) is 4.99 Å². The Labute approximate surface area is 181 Å². The van der Waals surface area contributed by atoms with Crippen LogP contribution in [0.4, 0.5) is 0 Å². The third-order valence-electron chi connectivity index (χ3n) is 4.97. The highest BCUT2D eigenvalue weighted by atomic mass is 127. The topological polar surface area (TPSA) is 78.0 Å². The lowest BCUT2D eigenvalue weighted by molar-refractivity contribution is -0.121. The maximum atomic E-state index is 12.1. The molecule has 0 radical (unpaired) electrons. The van der Waals surface area contributed by atoms with Gasteiger partial charge in [0.1, 0.15) is 0 Å². The van der Waals surface area contributed by atoms with Crippen molar-refractivity contribution in [2.24, 2.45) is 4.99 Å². The van der Waals surface area contributed by atoms with Crippen LogP contribution in [0.1, 0.15) is 51.9 Å². The molecule has 0 spiro atoms. The third kappa shape index (κ3) is 11.1. The van der Waals surface area contributed by atoms with Crippen LogP contribution in [-0.2, 0) is 9.53 Å². The maximum absolute atomic E-state index is 12.1. The van der Waals surface area contributed by atoms with Gasteiger partial charge in [0.2, 0.25) is 5.91 Å². The number of nitrogens with zero attached hydrogens (tertiary/aromatic N) is 2. The van der Waals surface area contributed by atoms with Gasteiger partial charge in [0.15, 0.2) is 5.96 Å². The van der Waals surface area contributed by atoms with Gasteiger partial charge >= 0.3 is 0 Å². The minimum absolute atomic E-state index is 0. The Morgan fingerprint density at radius 2 is 1.89 bits per heavy atom. The van der Waals surface area contributed by atoms with Gasteiger partial charge < -0.3 is 20.7 Å². The van der Waals surface area contributed by atoms with E-state index in [4.69, 9.17) is 4.74 Å². The molecule has 1 saturated carbocycles. The molecule has 0 aromatic heterocycles. The predicted molar refractivity (Wildman–Crippen MR) is 121 cm³/mol. The summed E-state index contributed by atoms with van der Waals surface area (Å²) in [5.41, 5.74) is 0. The molecular formula is C19H38IN5O2. The molecule has 0 aromatic rings. The highest BCUT2D eigenvalue weighted by Crippen LogP contribution is 2.17. The first-order chi connectivity index (χ1) is 12.8. The van der Waals surface area contributed by atoms with E-state index in [-0.39, 0.29) is 29.9 Å². The molecular weight excluding hydrogens is 457 g/mol. The van der Waals surface area contributed by atoms with Crippen LogP contribution in [0.25, 0.3) is 0 Å². The van der Waals surface area contributed by atoms with Gasteiger partial charge in [-0.1, -0.05) is 19.3 Å². The lowest BCUT2D eigenvalue weighted by atomic mass is 9.95. The lowest BCUT2D eigenvalue weighted by Gasteiger charge is -2.26. The Balaban J connectivity index is 0.00000364. The molecule has 8 heteroatoms. The fourth-order valence-electron chi connectivity index (χ4n) is 3.49. The van der Waals surface area contributed by atoms with Crippen LogP contribution >= 0.6 is 24.0 Å². The molecule has 0 aromatic carbocycles. The van der Waals surface area contributed by atoms with Crippen LogP contribution in [-0.4, -0.2) is 75.3 Å². The van der Waals surface area contributed by atoms with E-state index in [1.165, 1.54) is 19.3 Å². The molecule has 2 aliphatic rings. The number of carbonyl (C=O) groups excluding carboxylic acids is 1. The molecule has 27 heavy (non-hydrogen) atoms. The molecule has 0 bridgehead atoms. The second-order valence-electron chi connectivity index (χ2n) is 7.15. The van der Waals surface area contributed by atoms with Gasteiger partial charge in [-0.3, -0.25) is 14.7 Å². The van der Waals surface area contributed by atoms with E-state index in [9.17, 15) is 4.79 Å². The summed E-state index contributed by atoms with van der Waals surface area (Å²) >= 11 is 0. The molecule has 2 fully saturated rings. The summed E-state index contributed by atoms with van der Waals surface area (Å²) in [5, 5.41) is 9.68. The van der Waals surface area contributed by atoms with Crippen LogP contribution < -0.4 is 16.0 Å². The SMILES string of the molecule is CCNC(=NCCCN1CCOCC1)NCCC(=O)NC1CCCCC1.I. The van der Waals surface area contributed by atoms with Crippen molar-refractivity contribution in [3.05, 3.63) is 0 Å². The number of guanidine groups is 1. The fraction of sp³-hybridized carbons (Fsp3) is 0.895. The summed E-state index contributed by atoms with van der Waals surface area (Å²) in [7, 11) is 0. The summed E-state index contributed by atoms with van der Waals surface area (Å²) in [5.74, 6) is 0.951. The largest absolute Gasteiger partial charge is 0.379 e. The third-order valence-corrected chi connectivity index (χ3v) is 4.97. The number of hydrogen-bond donors (Lipinski definition) is 3. The zero-order valence-corrected chi connectivity index (χ0v) is 19.1. The number of hydrogen-bond acceptors (Lipinski definition) is 4. The summed E-state index contributed by atoms with van der Waals surface area (Å²) < 4.78 is 5.37. The van der Waals surface area contributed by atoms with E-state index in [0.29, 0.717) is 19.0 Å². The summed E-state index contributed by atoms with van der Waals surface area (Å²) in [4.78, 5) is 19.1. The van der Waals surface area contributed by atoms with Crippen molar-refractivity contribution in [3.63, 3.8) is 0 Å². The molecule has 158 valence electrons. The Hall–Kier alpha value is -0.610. The Morgan fingerprint density at radius 3 is 2.59 bits per heavy atom. The molecule has 3 N–H and O–H groups in total. The molecule has 2 rings (SSSR count). The van der Waals surface area contributed by atoms with E-state index < -0.39 is 0 Å². The van der Waals surface area contributed by atoms with Crippen molar-refractivity contribution in [2.45, 2.75) is 57.9 Å². The monoisotopic (exact) mass is 495 g/mol. The molecule has 1 aliphatic heterocycles. The number of morpholine rings is 1. The van der Waals surface area contributed by atoms with E-state index in [2.05, 4.69) is 32.8 Å². The molecule has 0 unspecified atom stereocenters. The van der Waals surface area contributed by atoms with Crippen molar-refractivity contribution in [1.29, 1.82) is 0 Å². The van der Waals surface area contributed by atoms with Crippen molar-refractivity contribution in [3.8, 4) is 0 Å². The lowest BCUT2D eigenvalue weighted by Crippen LogP contribution is -2.41. The Kier molecular flexibility index (Phi) is 13.9. The average molecular weight is 495 g/mol. The second kappa shape index (κ2) is 15.3. The van der Waals surface area contributed by atoms with E-state index >= 15 is 0 Å². The summed E-state index contributed by atoms with van der Waals surface area (Å²) in [6.07, 6.45) is 7.59. The number of aliphatic imine (C=N–C) groups is 1. The minimum Gasteiger partial charge on any atom is -0.379 e. The van der Waals surface area contributed by atoms with Crippen molar-refractivity contribution in [1.82, 2.24) is 20.9 Å². The van der Waals surface area contributed by atoms with Crippen LogP contribution in [0.3, 0.4) is 0 Å². The van der Waals surface area contributed by atoms with Gasteiger partial charge in [-0.25, -0.2) is 0 Å². The molecule has 1 heterocycles. The summed E-state index contributed by atoms with van der Waals surface area (Å²) in [6.45, 7) is 9.10. The number of ether oxygens (including phenoxy) is 1. The molecule has 0 atom stereocenters. The second-order valence-corrected chi connectivity index (χ2v) is 7.15. The maximum Gasteiger partial charge on any atom is 0.221 e. The Bertz CT molecular complexity index is 424. The Morgan fingerprint density at radius 1 is 1.15 bits per heavy atom. The van der Waals surface area contributed by atoms with Crippen LogP contribution in [0.5, 0.6) is 0 Å². The average Bonchev–Trinajstić information content (AvgIpc) is 2.67. The summed E-state index contributed by atoms with van der Waals surface area (Å²) in [6, 6.07) is 0.387. The highest BCUT2D eigenvalue weighted by Gasteiger charge is 2.15. The predicted octanol–water partition coefficient (Wildman–Crippen LogP) is 1.72. The number of rotatable bonds is 9. The van der Waals surface area contributed by atoms with Crippen molar-refractivity contribution in [2.75, 3.05) is 52.5 Å². The standard InChI is InChI=1S/C19H37N5O2.HI/c1-2-20-19(21-10-6-12-24-13-15-26-16-14-24)22-11-9-18(25)23-17-7-4-3-5-8-17;/h17H,2-16H2,1H3,(H,23,25)(H2,20,21,22);1H. The first-order valence-electron chi connectivity index (χ1n) is 10.4.